The highest BCUT2D eigenvalue weighted by atomic mass is 32.2. The van der Waals surface area contributed by atoms with Crippen molar-refractivity contribution >= 4 is 29.2 Å². The van der Waals surface area contributed by atoms with Crippen LogP contribution in [0.1, 0.15) is 16.1 Å². The molecule has 150 valence electrons. The molecule has 8 heteroatoms. The van der Waals surface area contributed by atoms with Gasteiger partial charge in [0.25, 0.3) is 0 Å². The van der Waals surface area contributed by atoms with E-state index in [0.29, 0.717) is 16.7 Å². The van der Waals surface area contributed by atoms with E-state index in [1.807, 2.05) is 67.6 Å². The summed E-state index contributed by atoms with van der Waals surface area (Å²) in [5.41, 5.74) is 3.86. The van der Waals surface area contributed by atoms with E-state index in [9.17, 15) is 9.90 Å². The topological polar surface area (TPSA) is 92.9 Å². The second-order valence-electron chi connectivity index (χ2n) is 6.53. The zero-order valence-electron chi connectivity index (χ0n) is 16.4. The molecule has 0 unspecified atom stereocenters. The number of thioether (sulfide) groups is 1. The molecule has 2 aromatic heterocycles. The van der Waals surface area contributed by atoms with Gasteiger partial charge in [-0.05, 0) is 24.8 Å². The standard InChI is InChI=1S/C22H19N5O2S/c1-14-8-6-7-11-18(14)27-19(12-16(26-27)15-9-4-3-5-10-15)24-17-13-23-22(30-2)25-20(17)21(28)29/h3-13,24H,1-2H3,(H,28,29). The van der Waals surface area contributed by atoms with Crippen molar-refractivity contribution in [2.75, 3.05) is 11.6 Å². The summed E-state index contributed by atoms with van der Waals surface area (Å²) in [6, 6.07) is 19.6. The van der Waals surface area contributed by atoms with E-state index in [-0.39, 0.29) is 5.69 Å². The number of anilines is 2. The fourth-order valence-electron chi connectivity index (χ4n) is 3.06. The van der Waals surface area contributed by atoms with Crippen LogP contribution < -0.4 is 5.32 Å². The third-order valence-electron chi connectivity index (χ3n) is 4.54. The molecule has 0 aliphatic heterocycles. The number of carboxylic acid groups (broad SMARTS) is 1. The van der Waals surface area contributed by atoms with Crippen LogP contribution in [0.15, 0.2) is 72.0 Å². The summed E-state index contributed by atoms with van der Waals surface area (Å²) in [6.07, 6.45) is 3.28. The summed E-state index contributed by atoms with van der Waals surface area (Å²) in [7, 11) is 0. The Balaban J connectivity index is 1.84. The molecule has 2 N–H and O–H groups in total. The van der Waals surface area contributed by atoms with Crippen molar-refractivity contribution in [2.24, 2.45) is 0 Å². The number of hydrogen-bond acceptors (Lipinski definition) is 6. The highest BCUT2D eigenvalue weighted by Crippen LogP contribution is 2.29. The molecule has 0 aliphatic carbocycles. The van der Waals surface area contributed by atoms with Gasteiger partial charge in [-0.1, -0.05) is 60.3 Å². The average molecular weight is 417 g/mol. The van der Waals surface area contributed by atoms with Gasteiger partial charge in [0.1, 0.15) is 5.82 Å². The lowest BCUT2D eigenvalue weighted by Crippen LogP contribution is -2.10. The van der Waals surface area contributed by atoms with Crippen LogP contribution in [0, 0.1) is 6.92 Å². The Hall–Kier alpha value is -3.65. The maximum atomic E-state index is 11.8. The fraction of sp³-hybridized carbons (Fsp3) is 0.0909. The van der Waals surface area contributed by atoms with Crippen molar-refractivity contribution < 1.29 is 9.90 Å². The maximum Gasteiger partial charge on any atom is 0.356 e. The Bertz CT molecular complexity index is 1210. The number of para-hydroxylation sites is 1. The smallest absolute Gasteiger partial charge is 0.356 e. The van der Waals surface area contributed by atoms with E-state index in [1.165, 1.54) is 18.0 Å². The van der Waals surface area contributed by atoms with Crippen LogP contribution in [0.25, 0.3) is 16.9 Å². The zero-order valence-corrected chi connectivity index (χ0v) is 17.2. The van der Waals surface area contributed by atoms with E-state index in [1.54, 1.807) is 10.9 Å². The van der Waals surface area contributed by atoms with E-state index in [2.05, 4.69) is 15.3 Å². The van der Waals surface area contributed by atoms with Crippen LogP contribution >= 0.6 is 11.8 Å². The minimum atomic E-state index is -1.12. The molecule has 30 heavy (non-hydrogen) atoms. The number of aromatic nitrogens is 4. The minimum absolute atomic E-state index is 0.0897. The van der Waals surface area contributed by atoms with Gasteiger partial charge in [0.15, 0.2) is 10.9 Å². The van der Waals surface area contributed by atoms with Gasteiger partial charge in [0.2, 0.25) is 0 Å². The number of carboxylic acids is 1. The van der Waals surface area contributed by atoms with Crippen molar-refractivity contribution in [3.05, 3.63) is 78.1 Å². The summed E-state index contributed by atoms with van der Waals surface area (Å²) in [5.74, 6) is -0.508. The van der Waals surface area contributed by atoms with Crippen LogP contribution in [0.3, 0.4) is 0 Å². The highest BCUT2D eigenvalue weighted by Gasteiger charge is 2.18. The highest BCUT2D eigenvalue weighted by molar-refractivity contribution is 7.98. The van der Waals surface area contributed by atoms with Gasteiger partial charge in [-0.2, -0.15) is 5.10 Å². The molecule has 2 aromatic carbocycles. The van der Waals surface area contributed by atoms with Crippen LogP contribution in [0.2, 0.25) is 0 Å². The molecule has 0 fully saturated rings. The number of nitrogens with one attached hydrogen (secondary N) is 1. The third kappa shape index (κ3) is 3.90. The van der Waals surface area contributed by atoms with Crippen molar-refractivity contribution in [2.45, 2.75) is 12.1 Å². The second-order valence-corrected chi connectivity index (χ2v) is 7.30. The SMILES string of the molecule is CSc1ncc(Nc2cc(-c3ccccc3)nn2-c2ccccc2C)c(C(=O)O)n1. The maximum absolute atomic E-state index is 11.8. The number of benzene rings is 2. The predicted octanol–water partition coefficient (Wildman–Crippen LogP) is 4.80. The Kier molecular flexibility index (Phi) is 5.49. The van der Waals surface area contributed by atoms with Crippen LogP contribution in [-0.4, -0.2) is 37.1 Å². The largest absolute Gasteiger partial charge is 0.476 e. The monoisotopic (exact) mass is 417 g/mol. The third-order valence-corrected chi connectivity index (χ3v) is 5.10. The minimum Gasteiger partial charge on any atom is -0.476 e. The van der Waals surface area contributed by atoms with Crippen molar-refractivity contribution in [3.63, 3.8) is 0 Å². The first-order chi connectivity index (χ1) is 14.6. The Morgan fingerprint density at radius 1 is 1.10 bits per heavy atom. The van der Waals surface area contributed by atoms with Crippen LogP contribution in [0.5, 0.6) is 0 Å². The lowest BCUT2D eigenvalue weighted by atomic mass is 10.1. The molecule has 0 atom stereocenters. The summed E-state index contributed by atoms with van der Waals surface area (Å²) in [5, 5.41) is 18.0. The molecule has 0 amide bonds. The van der Waals surface area contributed by atoms with Gasteiger partial charge in [-0.15, -0.1) is 0 Å². The quantitative estimate of drug-likeness (QED) is 0.344. The summed E-state index contributed by atoms with van der Waals surface area (Å²) in [4.78, 5) is 20.1. The molecule has 4 aromatic rings. The molecule has 0 radical (unpaired) electrons. The van der Waals surface area contributed by atoms with Gasteiger partial charge in [0.05, 0.1) is 23.3 Å². The summed E-state index contributed by atoms with van der Waals surface area (Å²) < 4.78 is 1.77. The number of aryl methyl sites for hydroxylation is 1. The van der Waals surface area contributed by atoms with Crippen LogP contribution in [-0.2, 0) is 0 Å². The average Bonchev–Trinajstić information content (AvgIpc) is 3.18. The lowest BCUT2D eigenvalue weighted by Gasteiger charge is -2.13. The van der Waals surface area contributed by atoms with Crippen LogP contribution in [0.4, 0.5) is 11.5 Å². The molecule has 0 saturated carbocycles. The molecule has 0 bridgehead atoms. The molecular weight excluding hydrogens is 398 g/mol. The van der Waals surface area contributed by atoms with Crippen molar-refractivity contribution in [1.29, 1.82) is 0 Å². The number of aromatic carboxylic acids is 1. The Morgan fingerprint density at radius 2 is 1.83 bits per heavy atom. The predicted molar refractivity (Wildman–Crippen MR) is 118 cm³/mol. The molecular formula is C22H19N5O2S. The first-order valence-electron chi connectivity index (χ1n) is 9.19. The molecule has 0 aliphatic rings. The molecule has 0 spiro atoms. The Labute approximate surface area is 177 Å². The summed E-state index contributed by atoms with van der Waals surface area (Å²) >= 11 is 1.29. The lowest BCUT2D eigenvalue weighted by molar-refractivity contribution is 0.0690. The van der Waals surface area contributed by atoms with Gasteiger partial charge in [0, 0.05) is 11.6 Å². The Morgan fingerprint density at radius 3 is 2.53 bits per heavy atom. The number of hydrogen-bond donors (Lipinski definition) is 2. The van der Waals surface area contributed by atoms with Gasteiger partial charge in [-0.3, -0.25) is 0 Å². The van der Waals surface area contributed by atoms with E-state index in [4.69, 9.17) is 5.10 Å². The number of rotatable bonds is 6. The molecule has 2 heterocycles. The first-order valence-corrected chi connectivity index (χ1v) is 10.4. The molecule has 7 nitrogen and oxygen atoms in total. The summed E-state index contributed by atoms with van der Waals surface area (Å²) in [6.45, 7) is 2.00. The van der Waals surface area contributed by atoms with Gasteiger partial charge in [-0.25, -0.2) is 19.4 Å². The van der Waals surface area contributed by atoms with Crippen molar-refractivity contribution in [1.82, 2.24) is 19.7 Å². The normalized spacial score (nSPS) is 10.7. The van der Waals surface area contributed by atoms with E-state index in [0.717, 1.165) is 22.5 Å². The van der Waals surface area contributed by atoms with E-state index < -0.39 is 5.97 Å². The van der Waals surface area contributed by atoms with Gasteiger partial charge < -0.3 is 10.4 Å². The zero-order chi connectivity index (χ0) is 21.1. The molecule has 0 saturated heterocycles. The second kappa shape index (κ2) is 8.38. The van der Waals surface area contributed by atoms with Crippen molar-refractivity contribution in [3.8, 4) is 16.9 Å². The first kappa shape index (κ1) is 19.7. The molecule has 4 rings (SSSR count). The fourth-order valence-corrected chi connectivity index (χ4v) is 3.40. The number of nitrogens with zero attached hydrogens (tertiary/aromatic N) is 4. The van der Waals surface area contributed by atoms with E-state index >= 15 is 0 Å². The number of carbonyl (C=O) groups is 1. The van der Waals surface area contributed by atoms with Gasteiger partial charge >= 0.3 is 5.97 Å².